The molecule has 0 atom stereocenters. The summed E-state index contributed by atoms with van der Waals surface area (Å²) < 4.78 is 10.8. The number of benzene rings is 2. The van der Waals surface area contributed by atoms with Crippen molar-refractivity contribution >= 4 is 46.0 Å². The molecule has 2 aromatic carbocycles. The lowest BCUT2D eigenvalue weighted by molar-refractivity contribution is 0.412. The Kier molecular flexibility index (Phi) is 7.48. The van der Waals surface area contributed by atoms with Gasteiger partial charge in [-0.3, -0.25) is 0 Å². The molecule has 8 heteroatoms. The molecular formula is C21H26N4O2S2. The van der Waals surface area contributed by atoms with Crippen LogP contribution in [-0.4, -0.2) is 60.4 Å². The lowest BCUT2D eigenvalue weighted by atomic mass is 10.3. The largest absolute Gasteiger partial charge is 0.495 e. The van der Waals surface area contributed by atoms with E-state index in [0.29, 0.717) is 10.2 Å². The lowest BCUT2D eigenvalue weighted by Gasteiger charge is -2.26. The van der Waals surface area contributed by atoms with Crippen molar-refractivity contribution in [2.75, 3.05) is 51.0 Å². The highest BCUT2D eigenvalue weighted by Crippen LogP contribution is 2.25. The Labute approximate surface area is 182 Å². The average Bonchev–Trinajstić information content (AvgIpc) is 3.01. The molecule has 0 aliphatic carbocycles. The maximum Gasteiger partial charge on any atom is 0.173 e. The minimum Gasteiger partial charge on any atom is -0.495 e. The number of anilines is 2. The van der Waals surface area contributed by atoms with Gasteiger partial charge in [0, 0.05) is 26.2 Å². The second-order valence-corrected chi connectivity index (χ2v) is 7.36. The average molecular weight is 431 g/mol. The molecular weight excluding hydrogens is 404 g/mol. The summed E-state index contributed by atoms with van der Waals surface area (Å²) in [6.45, 7) is 3.31. The SMILES string of the molecule is COc1ccccc1NC(=S)N1CCCN(C(=S)Nc2ccccc2OC)CC1. The molecule has 29 heavy (non-hydrogen) atoms. The summed E-state index contributed by atoms with van der Waals surface area (Å²) in [6.07, 6.45) is 0.960. The van der Waals surface area contributed by atoms with Gasteiger partial charge in [-0.05, 0) is 55.1 Å². The Morgan fingerprint density at radius 1 is 0.724 bits per heavy atom. The van der Waals surface area contributed by atoms with E-state index in [1.807, 2.05) is 48.5 Å². The van der Waals surface area contributed by atoms with Gasteiger partial charge in [0.15, 0.2) is 10.2 Å². The van der Waals surface area contributed by atoms with Gasteiger partial charge < -0.3 is 29.9 Å². The molecule has 1 aliphatic rings. The van der Waals surface area contributed by atoms with Crippen LogP contribution in [0.4, 0.5) is 11.4 Å². The normalized spacial score (nSPS) is 14.0. The van der Waals surface area contributed by atoms with E-state index in [0.717, 1.165) is 55.5 Å². The van der Waals surface area contributed by atoms with Gasteiger partial charge in [0.2, 0.25) is 0 Å². The van der Waals surface area contributed by atoms with Crippen molar-refractivity contribution in [3.63, 3.8) is 0 Å². The monoisotopic (exact) mass is 430 g/mol. The Morgan fingerprint density at radius 2 is 1.14 bits per heavy atom. The Hall–Kier alpha value is -2.58. The van der Waals surface area contributed by atoms with E-state index in [2.05, 4.69) is 20.4 Å². The summed E-state index contributed by atoms with van der Waals surface area (Å²) >= 11 is 11.3. The number of nitrogens with one attached hydrogen (secondary N) is 2. The number of thiocarbonyl (C=S) groups is 2. The second kappa shape index (κ2) is 10.3. The molecule has 0 radical (unpaired) electrons. The van der Waals surface area contributed by atoms with Crippen LogP contribution in [0.5, 0.6) is 11.5 Å². The standard InChI is InChI=1S/C21H26N4O2S2/c1-26-18-10-5-3-8-16(18)22-20(28)24-12-7-13-25(15-14-24)21(29)23-17-9-4-6-11-19(17)27-2/h3-6,8-11H,7,12-15H2,1-2H3,(H,22,28)(H,23,29). The third kappa shape index (κ3) is 5.48. The first kappa shape index (κ1) is 21.1. The lowest BCUT2D eigenvalue weighted by Crippen LogP contribution is -2.40. The van der Waals surface area contributed by atoms with Crippen LogP contribution in [0.1, 0.15) is 6.42 Å². The van der Waals surface area contributed by atoms with Crippen LogP contribution in [0.15, 0.2) is 48.5 Å². The van der Waals surface area contributed by atoms with E-state index >= 15 is 0 Å². The molecule has 2 N–H and O–H groups in total. The van der Waals surface area contributed by atoms with Gasteiger partial charge in [-0.15, -0.1) is 0 Å². The summed E-state index contributed by atoms with van der Waals surface area (Å²) in [5.74, 6) is 1.54. The molecule has 6 nitrogen and oxygen atoms in total. The second-order valence-electron chi connectivity index (χ2n) is 6.59. The van der Waals surface area contributed by atoms with Gasteiger partial charge in [-0.2, -0.15) is 0 Å². The van der Waals surface area contributed by atoms with Crippen LogP contribution in [0.3, 0.4) is 0 Å². The van der Waals surface area contributed by atoms with E-state index in [1.54, 1.807) is 14.2 Å². The van der Waals surface area contributed by atoms with Gasteiger partial charge >= 0.3 is 0 Å². The molecule has 0 bridgehead atoms. The number of nitrogens with zero attached hydrogens (tertiary/aromatic N) is 2. The predicted octanol–water partition coefficient (Wildman–Crippen LogP) is 3.81. The van der Waals surface area contributed by atoms with Crippen LogP contribution in [0.2, 0.25) is 0 Å². The molecule has 2 aromatic rings. The fraction of sp³-hybridized carbons (Fsp3) is 0.333. The molecule has 0 amide bonds. The van der Waals surface area contributed by atoms with Crippen LogP contribution in [-0.2, 0) is 0 Å². The van der Waals surface area contributed by atoms with Gasteiger partial charge in [0.05, 0.1) is 25.6 Å². The van der Waals surface area contributed by atoms with Crippen LogP contribution in [0.25, 0.3) is 0 Å². The molecule has 0 saturated carbocycles. The first-order valence-corrected chi connectivity index (χ1v) is 10.3. The molecule has 1 saturated heterocycles. The van der Waals surface area contributed by atoms with E-state index in [9.17, 15) is 0 Å². The predicted molar refractivity (Wildman–Crippen MR) is 126 cm³/mol. The van der Waals surface area contributed by atoms with Crippen LogP contribution in [0, 0.1) is 0 Å². The number of para-hydroxylation sites is 4. The zero-order chi connectivity index (χ0) is 20.6. The minimum atomic E-state index is 0.694. The number of hydrogen-bond donors (Lipinski definition) is 2. The summed E-state index contributed by atoms with van der Waals surface area (Å²) in [5.41, 5.74) is 1.74. The molecule has 0 aromatic heterocycles. The fourth-order valence-electron chi connectivity index (χ4n) is 3.21. The van der Waals surface area contributed by atoms with Gasteiger partial charge in [-0.25, -0.2) is 0 Å². The van der Waals surface area contributed by atoms with Crippen LogP contribution >= 0.6 is 24.4 Å². The number of methoxy groups -OCH3 is 2. The van der Waals surface area contributed by atoms with E-state index in [-0.39, 0.29) is 0 Å². The van der Waals surface area contributed by atoms with Gasteiger partial charge in [-0.1, -0.05) is 24.3 Å². The third-order valence-electron chi connectivity index (χ3n) is 4.77. The number of rotatable bonds is 4. The Bertz CT molecular complexity index is 793. The molecule has 0 spiro atoms. The topological polar surface area (TPSA) is 49.0 Å². The highest BCUT2D eigenvalue weighted by atomic mass is 32.1. The summed E-state index contributed by atoms with van der Waals surface area (Å²) in [6, 6.07) is 15.5. The minimum absolute atomic E-state index is 0.694. The zero-order valence-electron chi connectivity index (χ0n) is 16.7. The maximum absolute atomic E-state index is 5.64. The van der Waals surface area contributed by atoms with E-state index < -0.39 is 0 Å². The molecule has 1 heterocycles. The first-order valence-electron chi connectivity index (χ1n) is 9.50. The fourth-order valence-corrected chi connectivity index (χ4v) is 3.79. The zero-order valence-corrected chi connectivity index (χ0v) is 18.3. The molecule has 0 unspecified atom stereocenters. The number of hydrogen-bond acceptors (Lipinski definition) is 4. The highest BCUT2D eigenvalue weighted by Gasteiger charge is 2.20. The van der Waals surface area contributed by atoms with Crippen molar-refractivity contribution in [3.8, 4) is 11.5 Å². The van der Waals surface area contributed by atoms with Gasteiger partial charge in [0.25, 0.3) is 0 Å². The summed E-state index contributed by atoms with van der Waals surface area (Å²) in [7, 11) is 3.31. The highest BCUT2D eigenvalue weighted by molar-refractivity contribution is 7.80. The van der Waals surface area contributed by atoms with E-state index in [1.165, 1.54) is 0 Å². The van der Waals surface area contributed by atoms with Gasteiger partial charge in [0.1, 0.15) is 11.5 Å². The quantitative estimate of drug-likeness (QED) is 0.711. The van der Waals surface area contributed by atoms with Crippen LogP contribution < -0.4 is 20.1 Å². The summed E-state index contributed by atoms with van der Waals surface area (Å²) in [4.78, 5) is 4.35. The smallest absolute Gasteiger partial charge is 0.173 e. The molecule has 1 fully saturated rings. The van der Waals surface area contributed by atoms with Crippen molar-refractivity contribution in [3.05, 3.63) is 48.5 Å². The molecule has 154 valence electrons. The third-order valence-corrected chi connectivity index (χ3v) is 5.49. The molecule has 3 rings (SSSR count). The number of ether oxygens (including phenoxy) is 2. The van der Waals surface area contributed by atoms with Crippen molar-refractivity contribution in [2.45, 2.75) is 6.42 Å². The summed E-state index contributed by atoms with van der Waals surface area (Å²) in [5, 5.41) is 8.00. The first-order chi connectivity index (χ1) is 14.1. The Balaban J connectivity index is 1.58. The Morgan fingerprint density at radius 3 is 1.55 bits per heavy atom. The van der Waals surface area contributed by atoms with Crippen molar-refractivity contribution in [1.82, 2.24) is 9.80 Å². The van der Waals surface area contributed by atoms with Crippen molar-refractivity contribution < 1.29 is 9.47 Å². The van der Waals surface area contributed by atoms with Crippen molar-refractivity contribution in [2.24, 2.45) is 0 Å². The maximum atomic E-state index is 5.64. The van der Waals surface area contributed by atoms with Crippen molar-refractivity contribution in [1.29, 1.82) is 0 Å². The van der Waals surface area contributed by atoms with E-state index in [4.69, 9.17) is 33.9 Å². The molecule has 1 aliphatic heterocycles.